The summed E-state index contributed by atoms with van der Waals surface area (Å²) >= 11 is 1.42. The fraction of sp³-hybridized carbons (Fsp3) is 0.344. The molecule has 1 aliphatic heterocycles. The Hall–Kier alpha value is -4.20. The predicted octanol–water partition coefficient (Wildman–Crippen LogP) is 5.24. The number of esters is 1. The van der Waals surface area contributed by atoms with Gasteiger partial charge in [0.15, 0.2) is 18.1 Å². The summed E-state index contributed by atoms with van der Waals surface area (Å²) in [5, 5.41) is 9.05. The lowest BCUT2D eigenvalue weighted by Gasteiger charge is -2.34. The number of rotatable bonds is 13. The van der Waals surface area contributed by atoms with Gasteiger partial charge in [0.1, 0.15) is 17.9 Å². The number of methoxy groups -OCH3 is 2. The van der Waals surface area contributed by atoms with Gasteiger partial charge in [0.2, 0.25) is 10.0 Å². The molecular weight excluding hydrogens is 620 g/mol. The van der Waals surface area contributed by atoms with Crippen LogP contribution in [0.25, 0.3) is 10.2 Å². The van der Waals surface area contributed by atoms with Crippen LogP contribution in [0.3, 0.4) is 0 Å². The SMILES string of the molecule is COc1ccc(CC[C@@H](OC(=O)[C@@H]2CCCCN2S(=O)(=O)c2ccc3scnc3c2)c2cccc(OCC(=O)O)c2)cc1OC. The molecule has 0 bridgehead atoms. The number of nitrogens with zero attached hydrogens (tertiary/aromatic N) is 2. The summed E-state index contributed by atoms with van der Waals surface area (Å²) in [5.74, 6) is -0.320. The molecular formula is C32H34N2O9S2. The van der Waals surface area contributed by atoms with E-state index in [1.165, 1.54) is 21.7 Å². The van der Waals surface area contributed by atoms with Crippen molar-refractivity contribution >= 4 is 43.5 Å². The van der Waals surface area contributed by atoms with Gasteiger partial charge in [-0.1, -0.05) is 18.2 Å². The number of hydrogen-bond acceptors (Lipinski definition) is 10. The van der Waals surface area contributed by atoms with Crippen LogP contribution in [-0.4, -0.2) is 68.2 Å². The molecule has 0 radical (unpaired) electrons. The van der Waals surface area contributed by atoms with Crippen molar-refractivity contribution in [2.45, 2.75) is 49.1 Å². The zero-order valence-corrected chi connectivity index (χ0v) is 26.5. The highest BCUT2D eigenvalue weighted by Gasteiger charge is 2.39. The van der Waals surface area contributed by atoms with Crippen molar-refractivity contribution < 1.29 is 42.1 Å². The summed E-state index contributed by atoms with van der Waals surface area (Å²) in [6, 6.07) is 16.0. The molecule has 13 heteroatoms. The van der Waals surface area contributed by atoms with Crippen LogP contribution in [-0.2, 0) is 30.8 Å². The molecule has 2 heterocycles. The maximum atomic E-state index is 13.9. The molecule has 238 valence electrons. The van der Waals surface area contributed by atoms with E-state index in [1.54, 1.807) is 62.2 Å². The molecule has 1 saturated heterocycles. The van der Waals surface area contributed by atoms with E-state index in [4.69, 9.17) is 24.1 Å². The Morgan fingerprint density at radius 1 is 1.04 bits per heavy atom. The number of sulfonamides is 1. The molecule has 0 spiro atoms. The first-order valence-electron chi connectivity index (χ1n) is 14.4. The lowest BCUT2D eigenvalue weighted by molar-refractivity contribution is -0.155. The van der Waals surface area contributed by atoms with Gasteiger partial charge in [0, 0.05) is 6.54 Å². The molecule has 2 atom stereocenters. The zero-order valence-electron chi connectivity index (χ0n) is 24.9. The minimum absolute atomic E-state index is 0.0777. The third-order valence-corrected chi connectivity index (χ3v) is 10.3. The minimum Gasteiger partial charge on any atom is -0.493 e. The van der Waals surface area contributed by atoms with Crippen LogP contribution in [0.2, 0.25) is 0 Å². The number of benzene rings is 3. The number of fused-ring (bicyclic) bond motifs is 1. The van der Waals surface area contributed by atoms with E-state index in [0.717, 1.165) is 10.3 Å². The van der Waals surface area contributed by atoms with Crippen molar-refractivity contribution in [2.75, 3.05) is 27.4 Å². The van der Waals surface area contributed by atoms with Crippen molar-refractivity contribution in [3.05, 3.63) is 77.3 Å². The van der Waals surface area contributed by atoms with Crippen LogP contribution in [0.4, 0.5) is 0 Å². The summed E-state index contributed by atoms with van der Waals surface area (Å²) in [7, 11) is -0.919. The van der Waals surface area contributed by atoms with Gasteiger partial charge in [-0.2, -0.15) is 4.31 Å². The number of aryl methyl sites for hydroxylation is 1. The Labute approximate surface area is 265 Å². The highest BCUT2D eigenvalue weighted by Crippen LogP contribution is 2.33. The molecule has 4 aromatic rings. The largest absolute Gasteiger partial charge is 0.493 e. The lowest BCUT2D eigenvalue weighted by atomic mass is 10.00. The van der Waals surface area contributed by atoms with E-state index >= 15 is 0 Å². The number of carboxylic acid groups (broad SMARTS) is 1. The van der Waals surface area contributed by atoms with Gasteiger partial charge >= 0.3 is 11.9 Å². The normalized spacial score (nSPS) is 16.2. The second kappa shape index (κ2) is 14.3. The first-order valence-corrected chi connectivity index (χ1v) is 16.7. The predicted molar refractivity (Wildman–Crippen MR) is 167 cm³/mol. The number of carbonyl (C=O) groups is 2. The topological polar surface area (TPSA) is 142 Å². The molecule has 0 saturated carbocycles. The molecule has 5 rings (SSSR count). The lowest BCUT2D eigenvalue weighted by Crippen LogP contribution is -2.48. The Bertz CT molecular complexity index is 1770. The molecule has 0 aliphatic carbocycles. The van der Waals surface area contributed by atoms with Crippen LogP contribution in [0.1, 0.15) is 42.9 Å². The molecule has 1 aromatic heterocycles. The Balaban J connectivity index is 1.41. The molecule has 1 aliphatic rings. The van der Waals surface area contributed by atoms with Crippen molar-refractivity contribution in [1.82, 2.24) is 9.29 Å². The van der Waals surface area contributed by atoms with Crippen LogP contribution in [0.15, 0.2) is 71.1 Å². The van der Waals surface area contributed by atoms with Crippen LogP contribution in [0, 0.1) is 0 Å². The highest BCUT2D eigenvalue weighted by molar-refractivity contribution is 7.89. The summed E-state index contributed by atoms with van der Waals surface area (Å²) in [6.07, 6.45) is 1.67. The molecule has 0 amide bonds. The van der Waals surface area contributed by atoms with Gasteiger partial charge in [-0.15, -0.1) is 11.3 Å². The third-order valence-electron chi connectivity index (χ3n) is 7.63. The smallest absolute Gasteiger partial charge is 0.341 e. The summed E-state index contributed by atoms with van der Waals surface area (Å²) in [6.45, 7) is -0.340. The fourth-order valence-electron chi connectivity index (χ4n) is 5.36. The number of piperidine rings is 1. The Kier molecular flexibility index (Phi) is 10.2. The number of carbonyl (C=O) groups excluding carboxylic acids is 1. The van der Waals surface area contributed by atoms with Crippen molar-refractivity contribution in [3.8, 4) is 17.2 Å². The first-order chi connectivity index (χ1) is 21.7. The van der Waals surface area contributed by atoms with Crippen molar-refractivity contribution in [1.29, 1.82) is 0 Å². The Morgan fingerprint density at radius 3 is 2.64 bits per heavy atom. The standard InChI is InChI=1S/C32H34N2O9S2/c1-40-28-13-10-21(16-29(28)41-2)9-12-27(22-6-5-7-23(17-22)42-19-31(35)36)43-32(37)26-8-3-4-15-34(26)45(38,39)24-11-14-30-25(18-24)33-20-44-30/h5-7,10-11,13-14,16-18,20,26-27H,3-4,8-9,12,15,19H2,1-2H3,(H,35,36)/t26-,27+/m0/s1. The molecule has 0 unspecified atom stereocenters. The van der Waals surface area contributed by atoms with Crippen LogP contribution < -0.4 is 14.2 Å². The van der Waals surface area contributed by atoms with E-state index < -0.39 is 40.7 Å². The maximum Gasteiger partial charge on any atom is 0.341 e. The molecule has 3 aromatic carbocycles. The average Bonchev–Trinajstić information content (AvgIpc) is 3.54. The molecule has 1 N–H and O–H groups in total. The first kappa shape index (κ1) is 32.2. The molecule has 1 fully saturated rings. The van der Waals surface area contributed by atoms with Gasteiger partial charge in [-0.25, -0.2) is 18.2 Å². The Morgan fingerprint density at radius 2 is 1.87 bits per heavy atom. The fourth-order valence-corrected chi connectivity index (χ4v) is 7.68. The van der Waals surface area contributed by atoms with Crippen molar-refractivity contribution in [2.24, 2.45) is 0 Å². The minimum atomic E-state index is -4.02. The maximum absolute atomic E-state index is 13.9. The van der Waals surface area contributed by atoms with Crippen LogP contribution in [0.5, 0.6) is 17.2 Å². The van der Waals surface area contributed by atoms with Crippen LogP contribution >= 0.6 is 11.3 Å². The van der Waals surface area contributed by atoms with Crippen molar-refractivity contribution in [3.63, 3.8) is 0 Å². The van der Waals surface area contributed by atoms with Gasteiger partial charge in [0.05, 0.1) is 34.8 Å². The molecule has 11 nitrogen and oxygen atoms in total. The van der Waals surface area contributed by atoms with E-state index in [2.05, 4.69) is 4.98 Å². The highest BCUT2D eigenvalue weighted by atomic mass is 32.2. The van der Waals surface area contributed by atoms with Gasteiger partial charge in [-0.05, 0) is 85.7 Å². The quantitative estimate of drug-likeness (QED) is 0.190. The van der Waals surface area contributed by atoms with Gasteiger partial charge < -0.3 is 24.1 Å². The summed E-state index contributed by atoms with van der Waals surface area (Å²) < 4.78 is 52.0. The number of aromatic nitrogens is 1. The summed E-state index contributed by atoms with van der Waals surface area (Å²) in [4.78, 5) is 29.2. The average molecular weight is 655 g/mol. The van der Waals surface area contributed by atoms with Gasteiger partial charge in [-0.3, -0.25) is 4.79 Å². The number of aliphatic carboxylic acids is 1. The van der Waals surface area contributed by atoms with E-state index in [0.29, 0.717) is 60.4 Å². The van der Waals surface area contributed by atoms with Gasteiger partial charge in [0.25, 0.3) is 0 Å². The number of ether oxygens (including phenoxy) is 4. The zero-order chi connectivity index (χ0) is 32.0. The van der Waals surface area contributed by atoms with E-state index in [1.807, 2.05) is 12.1 Å². The third kappa shape index (κ3) is 7.55. The summed E-state index contributed by atoms with van der Waals surface area (Å²) in [5.41, 5.74) is 3.74. The second-order valence-corrected chi connectivity index (χ2v) is 13.3. The number of thiazole rings is 1. The molecule has 45 heavy (non-hydrogen) atoms. The van der Waals surface area contributed by atoms with E-state index in [9.17, 15) is 18.0 Å². The number of carboxylic acids is 1. The number of hydrogen-bond donors (Lipinski definition) is 1. The monoisotopic (exact) mass is 654 g/mol. The second-order valence-electron chi connectivity index (χ2n) is 10.5. The van der Waals surface area contributed by atoms with E-state index in [-0.39, 0.29) is 11.4 Å².